The summed E-state index contributed by atoms with van der Waals surface area (Å²) in [5, 5.41) is 44.4. The lowest BCUT2D eigenvalue weighted by Crippen LogP contribution is -2.64. The minimum atomic E-state index is -3.08. The molecule has 3 atom stereocenters. The molecule has 0 spiro atoms. The summed E-state index contributed by atoms with van der Waals surface area (Å²) in [5.41, 5.74) is 0. The summed E-state index contributed by atoms with van der Waals surface area (Å²) in [6.45, 7) is -0.742. The fraction of sp³-hybridized carbons (Fsp3) is 0.833. The van der Waals surface area contributed by atoms with E-state index in [-0.39, 0.29) is 0 Å². The number of rotatable bonds is 1. The summed E-state index contributed by atoms with van der Waals surface area (Å²) in [4.78, 5) is 10.8. The zero-order valence-corrected chi connectivity index (χ0v) is 6.49. The van der Waals surface area contributed by atoms with E-state index >= 15 is 0 Å². The molecule has 1 fully saturated rings. The number of carbonyl (C=O) groups is 1. The van der Waals surface area contributed by atoms with Crippen molar-refractivity contribution in [1.82, 2.24) is 0 Å². The van der Waals surface area contributed by atoms with Gasteiger partial charge < -0.3 is 30.3 Å². The van der Waals surface area contributed by atoms with Crippen LogP contribution >= 0.6 is 0 Å². The molecule has 0 bridgehead atoms. The van der Waals surface area contributed by atoms with Crippen LogP contribution in [0.25, 0.3) is 0 Å². The first kappa shape index (κ1) is 10.5. The first-order chi connectivity index (χ1) is 5.91. The summed E-state index contributed by atoms with van der Waals surface area (Å²) in [6.07, 6.45) is -5.42. The third-order valence-electron chi connectivity index (χ3n) is 1.84. The van der Waals surface area contributed by atoms with Crippen LogP contribution in [0, 0.1) is 0 Å². The average molecular weight is 194 g/mol. The quantitative estimate of drug-likeness (QED) is 0.272. The molecule has 0 aromatic rings. The molecule has 7 heteroatoms. The molecule has 0 unspecified atom stereocenters. The monoisotopic (exact) mass is 194 g/mol. The molecular formula is C6H10O7. The van der Waals surface area contributed by atoms with Gasteiger partial charge in [0.05, 0.1) is 6.61 Å². The zero-order valence-electron chi connectivity index (χ0n) is 6.49. The number of aliphatic hydroxyl groups is 5. The van der Waals surface area contributed by atoms with E-state index in [0.717, 1.165) is 0 Å². The number of ether oxygens (including phenoxy) is 1. The number of hydrogen-bond donors (Lipinski definition) is 5. The van der Waals surface area contributed by atoms with Crippen LogP contribution in [0.1, 0.15) is 0 Å². The van der Waals surface area contributed by atoms with Crippen molar-refractivity contribution in [2.75, 3.05) is 6.61 Å². The van der Waals surface area contributed by atoms with Crippen molar-refractivity contribution < 1.29 is 35.1 Å². The highest BCUT2D eigenvalue weighted by molar-refractivity contribution is 5.89. The Balaban J connectivity index is 2.88. The molecule has 76 valence electrons. The molecule has 0 aromatic carbocycles. The fourth-order valence-electron chi connectivity index (χ4n) is 1.03. The van der Waals surface area contributed by atoms with Gasteiger partial charge in [0.2, 0.25) is 12.1 Å². The number of ketones is 1. The predicted molar refractivity (Wildman–Crippen MR) is 36.1 cm³/mol. The Hall–Kier alpha value is -0.570. The van der Waals surface area contributed by atoms with Crippen LogP contribution in [0.5, 0.6) is 0 Å². The van der Waals surface area contributed by atoms with E-state index in [0.29, 0.717) is 0 Å². The maximum atomic E-state index is 10.8. The molecule has 1 aliphatic heterocycles. The Kier molecular flexibility index (Phi) is 2.66. The van der Waals surface area contributed by atoms with Gasteiger partial charge in [0.1, 0.15) is 12.2 Å². The molecular weight excluding hydrogens is 184 g/mol. The first-order valence-electron chi connectivity index (χ1n) is 3.52. The Morgan fingerprint density at radius 1 is 1.38 bits per heavy atom. The van der Waals surface area contributed by atoms with Crippen molar-refractivity contribution >= 4 is 5.78 Å². The Morgan fingerprint density at radius 3 is 2.38 bits per heavy atom. The molecule has 1 heterocycles. The van der Waals surface area contributed by atoms with Gasteiger partial charge in [-0.1, -0.05) is 0 Å². The van der Waals surface area contributed by atoms with E-state index in [1.54, 1.807) is 0 Å². The second-order valence-corrected chi connectivity index (χ2v) is 2.74. The molecule has 5 N–H and O–H groups in total. The van der Waals surface area contributed by atoms with E-state index in [1.807, 2.05) is 0 Å². The van der Waals surface area contributed by atoms with Gasteiger partial charge in [0.15, 0.2) is 0 Å². The summed E-state index contributed by atoms with van der Waals surface area (Å²) in [5.74, 6) is -4.53. The van der Waals surface area contributed by atoms with Gasteiger partial charge in [-0.2, -0.15) is 0 Å². The van der Waals surface area contributed by atoms with Crippen molar-refractivity contribution in [3.8, 4) is 0 Å². The molecule has 7 nitrogen and oxygen atoms in total. The van der Waals surface area contributed by atoms with Crippen molar-refractivity contribution in [2.45, 2.75) is 24.3 Å². The van der Waals surface area contributed by atoms with Gasteiger partial charge in [-0.3, -0.25) is 4.79 Å². The molecule has 1 rings (SSSR count). The number of aliphatic hydroxyl groups excluding tert-OH is 3. The van der Waals surface area contributed by atoms with E-state index in [1.165, 1.54) is 0 Å². The van der Waals surface area contributed by atoms with E-state index < -0.39 is 36.7 Å². The highest BCUT2D eigenvalue weighted by Gasteiger charge is 2.53. The smallest absolute Gasteiger partial charge is 0.259 e. The molecule has 1 aliphatic rings. The van der Waals surface area contributed by atoms with Crippen molar-refractivity contribution in [2.24, 2.45) is 0 Å². The molecule has 0 radical (unpaired) electrons. The number of hydrogen-bond acceptors (Lipinski definition) is 7. The van der Waals surface area contributed by atoms with E-state index in [9.17, 15) is 4.79 Å². The molecule has 0 aromatic heterocycles. The van der Waals surface area contributed by atoms with Crippen LogP contribution in [-0.2, 0) is 9.53 Å². The minimum Gasteiger partial charge on any atom is -0.394 e. The van der Waals surface area contributed by atoms with Gasteiger partial charge in [0, 0.05) is 0 Å². The third-order valence-corrected chi connectivity index (χ3v) is 1.84. The first-order valence-corrected chi connectivity index (χ1v) is 3.52. The summed E-state index contributed by atoms with van der Waals surface area (Å²) < 4.78 is 4.38. The standard InChI is InChI=1S/C6H10O7/c7-1-2-3(8)6(11,12)4(9)5(10)13-2/h2-3,5,7-8,10-12H,1H2/t2-,3-,5-/m1/s1. The second-order valence-electron chi connectivity index (χ2n) is 2.74. The number of Topliss-reactive ketones (excluding diaryl/α,β-unsaturated/α-hetero) is 1. The summed E-state index contributed by atoms with van der Waals surface area (Å²) in [7, 11) is 0. The zero-order chi connectivity index (χ0) is 10.2. The molecule has 1 saturated heterocycles. The van der Waals surface area contributed by atoms with E-state index in [4.69, 9.17) is 25.5 Å². The highest BCUT2D eigenvalue weighted by atomic mass is 16.6. The van der Waals surface area contributed by atoms with Gasteiger partial charge in [-0.15, -0.1) is 0 Å². The van der Waals surface area contributed by atoms with Gasteiger partial charge >= 0.3 is 0 Å². The summed E-state index contributed by atoms with van der Waals surface area (Å²) >= 11 is 0. The van der Waals surface area contributed by atoms with Crippen LogP contribution in [0.3, 0.4) is 0 Å². The highest BCUT2D eigenvalue weighted by Crippen LogP contribution is 2.22. The van der Waals surface area contributed by atoms with E-state index in [2.05, 4.69) is 4.74 Å². The Morgan fingerprint density at radius 2 is 1.92 bits per heavy atom. The Labute approximate surface area is 72.8 Å². The maximum absolute atomic E-state index is 10.8. The average Bonchev–Trinajstić information content (AvgIpc) is 2.09. The summed E-state index contributed by atoms with van der Waals surface area (Å²) in [6, 6.07) is 0. The second kappa shape index (κ2) is 3.29. The lowest BCUT2D eigenvalue weighted by atomic mass is 9.97. The topological polar surface area (TPSA) is 127 Å². The molecule has 0 aliphatic carbocycles. The SMILES string of the molecule is O=C1[C@H](O)O[C@H](CO)[C@@H](O)C1(O)O. The van der Waals surface area contributed by atoms with Crippen LogP contribution < -0.4 is 0 Å². The lowest BCUT2D eigenvalue weighted by molar-refractivity contribution is -0.299. The molecule has 0 saturated carbocycles. The van der Waals surface area contributed by atoms with Crippen LogP contribution in [0.4, 0.5) is 0 Å². The molecule has 13 heavy (non-hydrogen) atoms. The Bertz CT molecular complexity index is 213. The van der Waals surface area contributed by atoms with Crippen molar-refractivity contribution in [3.05, 3.63) is 0 Å². The largest absolute Gasteiger partial charge is 0.394 e. The third kappa shape index (κ3) is 1.57. The predicted octanol–water partition coefficient (Wildman–Crippen LogP) is -3.69. The maximum Gasteiger partial charge on any atom is 0.259 e. The van der Waals surface area contributed by atoms with Crippen LogP contribution in [0.2, 0.25) is 0 Å². The van der Waals surface area contributed by atoms with Crippen molar-refractivity contribution in [3.63, 3.8) is 0 Å². The molecule has 0 amide bonds. The lowest BCUT2D eigenvalue weighted by Gasteiger charge is -2.37. The van der Waals surface area contributed by atoms with Gasteiger partial charge in [-0.05, 0) is 0 Å². The minimum absolute atomic E-state index is 0.742. The number of carbonyl (C=O) groups excluding carboxylic acids is 1. The van der Waals surface area contributed by atoms with Crippen molar-refractivity contribution in [1.29, 1.82) is 0 Å². The fourth-order valence-corrected chi connectivity index (χ4v) is 1.03. The normalized spacial score (nSPS) is 39.2. The van der Waals surface area contributed by atoms with Crippen LogP contribution in [-0.4, -0.2) is 62.2 Å². The van der Waals surface area contributed by atoms with Gasteiger partial charge in [0.25, 0.3) is 5.79 Å². The van der Waals surface area contributed by atoms with Crippen LogP contribution in [0.15, 0.2) is 0 Å². The van der Waals surface area contributed by atoms with Gasteiger partial charge in [-0.25, -0.2) is 0 Å².